The molecule has 0 bridgehead atoms. The molecule has 0 aliphatic carbocycles. The van der Waals surface area contributed by atoms with Crippen molar-refractivity contribution in [2.75, 3.05) is 11.1 Å². The molecule has 0 fully saturated rings. The molecule has 0 unspecified atom stereocenters. The molecule has 0 radical (unpaired) electrons. The molecule has 0 atom stereocenters. The highest BCUT2D eigenvalue weighted by Gasteiger charge is 2.10. The first-order chi connectivity index (χ1) is 7.15. The number of rotatable bonds is 2. The number of hydrogen-bond donors (Lipinski definition) is 1. The van der Waals surface area contributed by atoms with Crippen LogP contribution in [-0.2, 0) is 0 Å². The van der Waals surface area contributed by atoms with E-state index in [2.05, 4.69) is 27.8 Å². The first-order valence-corrected chi connectivity index (χ1v) is 5.36. The number of nitrogens with zero attached hydrogens (tertiary/aromatic N) is 1. The van der Waals surface area contributed by atoms with Crippen LogP contribution in [0, 0.1) is 22.0 Å². The lowest BCUT2D eigenvalue weighted by Crippen LogP contribution is -1.95. The molecule has 0 saturated carbocycles. The lowest BCUT2D eigenvalue weighted by Gasteiger charge is -1.96. The number of nitrogen functional groups attached to an aromatic ring is 1. The Bertz CT molecular complexity index is 435. The van der Waals surface area contributed by atoms with Crippen LogP contribution < -0.4 is 5.73 Å². The van der Waals surface area contributed by atoms with Gasteiger partial charge in [-0.3, -0.25) is 10.1 Å². The quantitative estimate of drug-likeness (QED) is 0.294. The molecule has 1 aromatic carbocycles. The summed E-state index contributed by atoms with van der Waals surface area (Å²) in [7, 11) is 0. The van der Waals surface area contributed by atoms with E-state index >= 15 is 0 Å². The Morgan fingerprint density at radius 1 is 1.53 bits per heavy atom. The molecule has 2 N–H and O–H groups in total. The van der Waals surface area contributed by atoms with Crippen molar-refractivity contribution >= 4 is 27.3 Å². The molecular formula is C10H9BrN2O2. The van der Waals surface area contributed by atoms with Gasteiger partial charge in [0.2, 0.25) is 0 Å². The summed E-state index contributed by atoms with van der Waals surface area (Å²) in [6, 6.07) is 4.55. The summed E-state index contributed by atoms with van der Waals surface area (Å²) in [5.41, 5.74) is 6.12. The van der Waals surface area contributed by atoms with Crippen molar-refractivity contribution in [3.05, 3.63) is 33.9 Å². The number of hydrogen-bond acceptors (Lipinski definition) is 3. The molecule has 1 aromatic rings. The molecule has 5 heteroatoms. The van der Waals surface area contributed by atoms with Crippen LogP contribution in [0.4, 0.5) is 11.4 Å². The maximum Gasteiger partial charge on any atom is 0.293 e. The molecule has 0 amide bonds. The minimum Gasteiger partial charge on any atom is -0.393 e. The summed E-state index contributed by atoms with van der Waals surface area (Å²) in [4.78, 5) is 10.1. The summed E-state index contributed by atoms with van der Waals surface area (Å²) < 4.78 is 0. The number of nitrogens with two attached hydrogens (primary N) is 1. The maximum atomic E-state index is 10.6. The van der Waals surface area contributed by atoms with Gasteiger partial charge in [0.1, 0.15) is 5.69 Å². The lowest BCUT2D eigenvalue weighted by molar-refractivity contribution is -0.383. The van der Waals surface area contributed by atoms with Gasteiger partial charge in [0.15, 0.2) is 0 Å². The zero-order chi connectivity index (χ0) is 11.3. The fraction of sp³-hybridized carbons (Fsp3) is 0.200. The third kappa shape index (κ3) is 3.26. The molecule has 0 spiro atoms. The van der Waals surface area contributed by atoms with Gasteiger partial charge in [-0.05, 0) is 12.1 Å². The van der Waals surface area contributed by atoms with E-state index in [0.717, 1.165) is 5.33 Å². The van der Waals surface area contributed by atoms with E-state index in [4.69, 9.17) is 5.73 Å². The third-order valence-corrected chi connectivity index (χ3v) is 2.08. The number of alkyl halides is 1. The summed E-state index contributed by atoms with van der Waals surface area (Å²) in [6.45, 7) is 0. The van der Waals surface area contributed by atoms with Crippen LogP contribution in [0.3, 0.4) is 0 Å². The first-order valence-electron chi connectivity index (χ1n) is 4.24. The summed E-state index contributed by atoms with van der Waals surface area (Å²) in [6.07, 6.45) is 0.707. The smallest absolute Gasteiger partial charge is 0.293 e. The fourth-order valence-electron chi connectivity index (χ4n) is 0.991. The zero-order valence-corrected chi connectivity index (χ0v) is 9.45. The molecule has 0 heterocycles. The second-order valence-electron chi connectivity index (χ2n) is 2.77. The average Bonchev–Trinajstić information content (AvgIpc) is 2.20. The number of halogens is 1. The summed E-state index contributed by atoms with van der Waals surface area (Å²) >= 11 is 3.24. The Kier molecular flexibility index (Phi) is 4.13. The van der Waals surface area contributed by atoms with E-state index in [1.54, 1.807) is 6.07 Å². The Labute approximate surface area is 95.8 Å². The van der Waals surface area contributed by atoms with Gasteiger partial charge >= 0.3 is 0 Å². The fourth-order valence-corrected chi connectivity index (χ4v) is 1.19. The summed E-state index contributed by atoms with van der Waals surface area (Å²) in [5, 5.41) is 11.4. The van der Waals surface area contributed by atoms with Gasteiger partial charge in [0, 0.05) is 23.4 Å². The van der Waals surface area contributed by atoms with Gasteiger partial charge in [-0.1, -0.05) is 27.8 Å². The largest absolute Gasteiger partial charge is 0.393 e. The van der Waals surface area contributed by atoms with Crippen LogP contribution in [0.1, 0.15) is 12.0 Å². The minimum atomic E-state index is -0.509. The van der Waals surface area contributed by atoms with Crippen molar-refractivity contribution in [2.24, 2.45) is 0 Å². The molecule has 0 aliphatic heterocycles. The topological polar surface area (TPSA) is 69.2 Å². The van der Waals surface area contributed by atoms with Gasteiger partial charge in [0.05, 0.1) is 4.92 Å². The SMILES string of the molecule is Nc1ccc(C#CCCBr)cc1[N+](=O)[O-]. The van der Waals surface area contributed by atoms with Gasteiger partial charge in [-0.15, -0.1) is 0 Å². The molecule has 1 rings (SSSR count). The number of benzene rings is 1. The number of nitro groups is 1. The van der Waals surface area contributed by atoms with Gasteiger partial charge < -0.3 is 5.73 Å². The maximum absolute atomic E-state index is 10.6. The molecule has 0 saturated heterocycles. The van der Waals surface area contributed by atoms with E-state index < -0.39 is 4.92 Å². The third-order valence-electron chi connectivity index (χ3n) is 1.68. The minimum absolute atomic E-state index is 0.0966. The van der Waals surface area contributed by atoms with Crippen LogP contribution >= 0.6 is 15.9 Å². The molecule has 4 nitrogen and oxygen atoms in total. The second-order valence-corrected chi connectivity index (χ2v) is 3.56. The molecule has 78 valence electrons. The van der Waals surface area contributed by atoms with E-state index in [9.17, 15) is 10.1 Å². The monoisotopic (exact) mass is 268 g/mol. The Morgan fingerprint density at radius 3 is 2.87 bits per heavy atom. The number of nitro benzene ring substituents is 1. The molecule has 0 aliphatic rings. The standard InChI is InChI=1S/C10H9BrN2O2/c11-6-2-1-3-8-4-5-9(12)10(7-8)13(14)15/h4-5,7H,2,6,12H2. The van der Waals surface area contributed by atoms with Crippen LogP contribution in [0.25, 0.3) is 0 Å². The van der Waals surface area contributed by atoms with Gasteiger partial charge in [0.25, 0.3) is 5.69 Å². The Morgan fingerprint density at radius 2 is 2.27 bits per heavy atom. The van der Waals surface area contributed by atoms with Crippen LogP contribution in [0.2, 0.25) is 0 Å². The van der Waals surface area contributed by atoms with E-state index in [0.29, 0.717) is 12.0 Å². The highest BCUT2D eigenvalue weighted by Crippen LogP contribution is 2.21. The lowest BCUT2D eigenvalue weighted by atomic mass is 10.2. The highest BCUT2D eigenvalue weighted by atomic mass is 79.9. The molecule has 0 aromatic heterocycles. The van der Waals surface area contributed by atoms with Gasteiger partial charge in [-0.2, -0.15) is 0 Å². The highest BCUT2D eigenvalue weighted by molar-refractivity contribution is 9.09. The van der Waals surface area contributed by atoms with Crippen molar-refractivity contribution < 1.29 is 4.92 Å². The predicted octanol–water partition coefficient (Wildman–Crippen LogP) is 2.31. The van der Waals surface area contributed by atoms with Gasteiger partial charge in [-0.25, -0.2) is 0 Å². The Hall–Kier alpha value is -1.54. The van der Waals surface area contributed by atoms with Crippen LogP contribution in [-0.4, -0.2) is 10.3 Å². The van der Waals surface area contributed by atoms with Crippen LogP contribution in [0.15, 0.2) is 18.2 Å². The van der Waals surface area contributed by atoms with Crippen LogP contribution in [0.5, 0.6) is 0 Å². The van der Waals surface area contributed by atoms with Crippen molar-refractivity contribution in [1.29, 1.82) is 0 Å². The van der Waals surface area contributed by atoms with E-state index in [1.165, 1.54) is 12.1 Å². The molecule has 15 heavy (non-hydrogen) atoms. The summed E-state index contributed by atoms with van der Waals surface area (Å²) in [5.74, 6) is 5.70. The normalized spacial score (nSPS) is 9.13. The van der Waals surface area contributed by atoms with E-state index in [-0.39, 0.29) is 11.4 Å². The van der Waals surface area contributed by atoms with E-state index in [1.807, 2.05) is 0 Å². The predicted molar refractivity (Wildman–Crippen MR) is 62.8 cm³/mol. The molecular weight excluding hydrogens is 260 g/mol. The zero-order valence-electron chi connectivity index (χ0n) is 7.87. The Balaban J connectivity index is 2.99. The average molecular weight is 269 g/mol. The first kappa shape index (κ1) is 11.5. The number of anilines is 1. The second kappa shape index (κ2) is 5.37. The van der Waals surface area contributed by atoms with Crippen molar-refractivity contribution in [3.8, 4) is 11.8 Å². The van der Waals surface area contributed by atoms with Crippen molar-refractivity contribution in [2.45, 2.75) is 6.42 Å². The van der Waals surface area contributed by atoms with Crippen molar-refractivity contribution in [3.63, 3.8) is 0 Å². The van der Waals surface area contributed by atoms with Crippen molar-refractivity contribution in [1.82, 2.24) is 0 Å².